The highest BCUT2D eigenvalue weighted by molar-refractivity contribution is 7.17. The molecule has 1 N–H and O–H groups in total. The molecule has 0 bridgehead atoms. The van der Waals surface area contributed by atoms with Crippen molar-refractivity contribution in [2.75, 3.05) is 36.1 Å². The van der Waals surface area contributed by atoms with Gasteiger partial charge in [0, 0.05) is 29.8 Å². The van der Waals surface area contributed by atoms with E-state index in [1.807, 2.05) is 30.0 Å². The predicted molar refractivity (Wildman–Crippen MR) is 108 cm³/mol. The maximum atomic E-state index is 13.1. The topological polar surface area (TPSA) is 83.0 Å². The maximum Gasteiger partial charge on any atom is 0.347 e. The molecule has 28 heavy (non-hydrogen) atoms. The third kappa shape index (κ3) is 3.47. The number of thiazole rings is 1. The van der Waals surface area contributed by atoms with Crippen LogP contribution in [-0.4, -0.2) is 54.3 Å². The molecule has 1 amide bonds. The molecule has 1 atom stereocenters. The second-order valence-electron chi connectivity index (χ2n) is 6.91. The lowest BCUT2D eigenvalue weighted by Gasteiger charge is -2.26. The predicted octanol–water partition coefficient (Wildman–Crippen LogP) is 2.85. The quantitative estimate of drug-likeness (QED) is 0.817. The van der Waals surface area contributed by atoms with E-state index >= 15 is 0 Å². The molecule has 1 fully saturated rings. The molecule has 0 aliphatic carbocycles. The Labute approximate surface area is 171 Å². The SMILES string of the molecule is CC1Cc2c(Cl)cccc2N1C(=O)Cc1nc(N2CCOCC2)sc1C(=O)O. The molecular formula is C19H20ClN3O4S. The molecule has 2 aliphatic rings. The average molecular weight is 422 g/mol. The Bertz CT molecular complexity index is 926. The fourth-order valence-corrected chi connectivity index (χ4v) is 4.94. The van der Waals surface area contributed by atoms with Gasteiger partial charge in [0.15, 0.2) is 5.13 Å². The molecule has 7 nitrogen and oxygen atoms in total. The van der Waals surface area contributed by atoms with Gasteiger partial charge in [-0.3, -0.25) is 4.79 Å². The van der Waals surface area contributed by atoms with E-state index in [0.29, 0.717) is 48.6 Å². The number of benzene rings is 1. The molecule has 4 rings (SSSR count). The number of hydrogen-bond donors (Lipinski definition) is 1. The molecule has 3 heterocycles. The largest absolute Gasteiger partial charge is 0.477 e. The molecule has 0 radical (unpaired) electrons. The van der Waals surface area contributed by atoms with Crippen molar-refractivity contribution in [2.24, 2.45) is 0 Å². The van der Waals surface area contributed by atoms with Gasteiger partial charge in [0.1, 0.15) is 4.88 Å². The number of carboxylic acid groups (broad SMARTS) is 1. The minimum Gasteiger partial charge on any atom is -0.477 e. The van der Waals surface area contributed by atoms with Gasteiger partial charge in [-0.25, -0.2) is 9.78 Å². The Kier molecular flexibility index (Phi) is 5.27. The molecule has 1 unspecified atom stereocenters. The first-order chi connectivity index (χ1) is 13.5. The zero-order chi connectivity index (χ0) is 19.8. The fourth-order valence-electron chi connectivity index (χ4n) is 3.72. The van der Waals surface area contributed by atoms with Crippen molar-refractivity contribution < 1.29 is 19.4 Å². The summed E-state index contributed by atoms with van der Waals surface area (Å²) in [6.07, 6.45) is 0.626. The number of carboxylic acids is 1. The van der Waals surface area contributed by atoms with Crippen molar-refractivity contribution in [2.45, 2.75) is 25.8 Å². The van der Waals surface area contributed by atoms with Crippen LogP contribution in [0.4, 0.5) is 10.8 Å². The number of nitrogens with zero attached hydrogens (tertiary/aromatic N) is 3. The first-order valence-electron chi connectivity index (χ1n) is 9.11. The molecule has 0 spiro atoms. The van der Waals surface area contributed by atoms with Gasteiger partial charge >= 0.3 is 5.97 Å². The van der Waals surface area contributed by atoms with Gasteiger partial charge in [-0.2, -0.15) is 0 Å². The Balaban J connectivity index is 1.60. The molecule has 1 aromatic heterocycles. The van der Waals surface area contributed by atoms with Crippen LogP contribution in [0.5, 0.6) is 0 Å². The molecule has 2 aromatic rings. The molecule has 9 heteroatoms. The van der Waals surface area contributed by atoms with E-state index in [0.717, 1.165) is 22.6 Å². The highest BCUT2D eigenvalue weighted by Crippen LogP contribution is 2.37. The Morgan fingerprint density at radius 1 is 1.36 bits per heavy atom. The lowest BCUT2D eigenvalue weighted by atomic mass is 10.1. The van der Waals surface area contributed by atoms with Crippen LogP contribution in [0.15, 0.2) is 18.2 Å². The number of halogens is 1. The summed E-state index contributed by atoms with van der Waals surface area (Å²) in [7, 11) is 0. The zero-order valence-corrected chi connectivity index (χ0v) is 16.9. The summed E-state index contributed by atoms with van der Waals surface area (Å²) in [5, 5.41) is 10.9. The van der Waals surface area contributed by atoms with E-state index in [4.69, 9.17) is 16.3 Å². The third-order valence-electron chi connectivity index (χ3n) is 5.04. The van der Waals surface area contributed by atoms with Crippen LogP contribution in [0.3, 0.4) is 0 Å². The second-order valence-corrected chi connectivity index (χ2v) is 8.29. The smallest absolute Gasteiger partial charge is 0.347 e. The normalized spacial score (nSPS) is 19.0. The van der Waals surface area contributed by atoms with Crippen LogP contribution < -0.4 is 9.80 Å². The molecule has 0 saturated carbocycles. The summed E-state index contributed by atoms with van der Waals surface area (Å²) < 4.78 is 5.34. The van der Waals surface area contributed by atoms with Crippen molar-refractivity contribution in [3.05, 3.63) is 39.4 Å². The Morgan fingerprint density at radius 2 is 2.11 bits per heavy atom. The standard InChI is InChI=1S/C19H20ClN3O4S/c1-11-9-12-13(20)3-2-4-15(12)23(11)16(24)10-14-17(18(25)26)28-19(21-14)22-5-7-27-8-6-22/h2-4,11H,5-10H2,1H3,(H,25,26). The molecular weight excluding hydrogens is 402 g/mol. The van der Waals surface area contributed by atoms with Crippen molar-refractivity contribution in [1.29, 1.82) is 0 Å². The summed E-state index contributed by atoms with van der Waals surface area (Å²) in [5.41, 5.74) is 2.06. The fraction of sp³-hybridized carbons (Fsp3) is 0.421. The number of amides is 1. The third-order valence-corrected chi connectivity index (χ3v) is 6.54. The van der Waals surface area contributed by atoms with Crippen LogP contribution in [0.25, 0.3) is 0 Å². The molecule has 2 aliphatic heterocycles. The van der Waals surface area contributed by atoms with E-state index in [-0.39, 0.29) is 23.2 Å². The Morgan fingerprint density at radius 3 is 2.82 bits per heavy atom. The number of hydrogen-bond acceptors (Lipinski definition) is 6. The van der Waals surface area contributed by atoms with Gasteiger partial charge in [-0.05, 0) is 31.0 Å². The maximum absolute atomic E-state index is 13.1. The van der Waals surface area contributed by atoms with Crippen molar-refractivity contribution in [3.63, 3.8) is 0 Å². The van der Waals surface area contributed by atoms with Gasteiger partial charge in [0.2, 0.25) is 5.91 Å². The van der Waals surface area contributed by atoms with Gasteiger partial charge in [0.05, 0.1) is 25.3 Å². The summed E-state index contributed by atoms with van der Waals surface area (Å²) in [6.45, 7) is 4.45. The highest BCUT2D eigenvalue weighted by Gasteiger charge is 2.33. The number of rotatable bonds is 4. The number of carbonyl (C=O) groups is 2. The molecule has 1 saturated heterocycles. The van der Waals surface area contributed by atoms with Crippen LogP contribution in [0.1, 0.15) is 27.9 Å². The van der Waals surface area contributed by atoms with E-state index < -0.39 is 5.97 Å². The second kappa shape index (κ2) is 7.69. The number of fused-ring (bicyclic) bond motifs is 1. The summed E-state index contributed by atoms with van der Waals surface area (Å²) in [4.78, 5) is 33.1. The van der Waals surface area contributed by atoms with E-state index in [1.165, 1.54) is 0 Å². The van der Waals surface area contributed by atoms with Crippen LogP contribution in [0, 0.1) is 0 Å². The van der Waals surface area contributed by atoms with Crippen LogP contribution in [-0.2, 0) is 22.4 Å². The highest BCUT2D eigenvalue weighted by atomic mass is 35.5. The summed E-state index contributed by atoms with van der Waals surface area (Å²) >= 11 is 7.39. The lowest BCUT2D eigenvalue weighted by molar-refractivity contribution is -0.118. The van der Waals surface area contributed by atoms with Gasteiger partial charge < -0.3 is 19.6 Å². The van der Waals surface area contributed by atoms with Gasteiger partial charge in [0.25, 0.3) is 0 Å². The molecule has 1 aromatic carbocycles. The number of anilines is 2. The van der Waals surface area contributed by atoms with Crippen molar-refractivity contribution >= 4 is 45.6 Å². The van der Waals surface area contributed by atoms with Gasteiger partial charge in [-0.15, -0.1) is 0 Å². The van der Waals surface area contributed by atoms with Crippen molar-refractivity contribution in [3.8, 4) is 0 Å². The summed E-state index contributed by atoms with van der Waals surface area (Å²) in [6, 6.07) is 5.48. The number of morpholine rings is 1. The summed E-state index contributed by atoms with van der Waals surface area (Å²) in [5.74, 6) is -1.23. The minimum atomic E-state index is -1.06. The number of aromatic carboxylic acids is 1. The van der Waals surface area contributed by atoms with Crippen LogP contribution in [0.2, 0.25) is 5.02 Å². The first kappa shape index (κ1) is 19.2. The lowest BCUT2D eigenvalue weighted by Crippen LogP contribution is -2.37. The first-order valence-corrected chi connectivity index (χ1v) is 10.3. The number of carbonyl (C=O) groups excluding carboxylic acids is 1. The average Bonchev–Trinajstić information content (AvgIpc) is 3.24. The van der Waals surface area contributed by atoms with Gasteiger partial charge in [-0.1, -0.05) is 29.0 Å². The zero-order valence-electron chi connectivity index (χ0n) is 15.4. The van der Waals surface area contributed by atoms with E-state index in [1.54, 1.807) is 4.90 Å². The van der Waals surface area contributed by atoms with Crippen LogP contribution >= 0.6 is 22.9 Å². The van der Waals surface area contributed by atoms with E-state index in [9.17, 15) is 14.7 Å². The number of ether oxygens (including phenoxy) is 1. The number of aromatic nitrogens is 1. The van der Waals surface area contributed by atoms with E-state index in [2.05, 4.69) is 4.98 Å². The monoisotopic (exact) mass is 421 g/mol. The Hall–Kier alpha value is -2.16. The molecule has 148 valence electrons. The minimum absolute atomic E-state index is 0.0342. The van der Waals surface area contributed by atoms with Crippen molar-refractivity contribution in [1.82, 2.24) is 4.98 Å².